The molecule has 1 N–H and O–H groups in total. The Morgan fingerprint density at radius 2 is 2.33 bits per heavy atom. The molecule has 116 valence electrons. The molecule has 1 aromatic rings. The predicted octanol–water partition coefficient (Wildman–Crippen LogP) is 2.42. The lowest BCUT2D eigenvalue weighted by atomic mass is 9.97. The topological polar surface area (TPSA) is 76.1 Å². The summed E-state index contributed by atoms with van der Waals surface area (Å²) in [5, 5.41) is 0. The van der Waals surface area contributed by atoms with Crippen LogP contribution >= 0.6 is 11.8 Å². The summed E-state index contributed by atoms with van der Waals surface area (Å²) in [6, 6.07) is 4.84. The van der Waals surface area contributed by atoms with Crippen LogP contribution in [0.15, 0.2) is 18.2 Å². The molecule has 0 radical (unpaired) electrons. The Morgan fingerprint density at radius 1 is 1.62 bits per heavy atom. The molecule has 1 aliphatic rings. The molecular weight excluding hydrogens is 318 g/mol. The highest BCUT2D eigenvalue weighted by atomic mass is 35.5. The van der Waals surface area contributed by atoms with Crippen molar-refractivity contribution >= 4 is 28.8 Å². The second-order valence-electron chi connectivity index (χ2n) is 4.82. The number of esters is 1. The second-order valence-corrected chi connectivity index (χ2v) is 6.09. The van der Waals surface area contributed by atoms with Gasteiger partial charge in [0.2, 0.25) is 0 Å². The fourth-order valence-corrected chi connectivity index (χ4v) is 2.95. The smallest absolute Gasteiger partial charge is 0.337 e. The van der Waals surface area contributed by atoms with Crippen molar-refractivity contribution in [3.05, 3.63) is 34.9 Å². The minimum Gasteiger partial charge on any atom is -0.465 e. The normalized spacial score (nSPS) is 24.0. The molecule has 1 heterocycles. The molecule has 0 amide bonds. The molecule has 2 rings (SSSR count). The highest BCUT2D eigenvalue weighted by Gasteiger charge is 2.32. The minimum absolute atomic E-state index is 0.00548. The van der Waals surface area contributed by atoms with Gasteiger partial charge >= 0.3 is 5.97 Å². The SMILES string of the molecule is COC(=O)c1ccc(CS(=O)O)c(C2CC(C)N(Cl)O2)c1. The van der Waals surface area contributed by atoms with Crippen molar-refractivity contribution in [1.29, 1.82) is 0 Å². The fourth-order valence-electron chi connectivity index (χ4n) is 2.25. The van der Waals surface area contributed by atoms with Crippen LogP contribution in [-0.2, 0) is 26.4 Å². The molecule has 0 aliphatic carbocycles. The molecule has 0 spiro atoms. The van der Waals surface area contributed by atoms with Crippen molar-refractivity contribution in [3.8, 4) is 0 Å². The van der Waals surface area contributed by atoms with E-state index >= 15 is 0 Å². The van der Waals surface area contributed by atoms with Crippen molar-refractivity contribution < 1.29 is 23.1 Å². The Hall–Kier alpha value is -0.990. The summed E-state index contributed by atoms with van der Waals surface area (Å²) in [6.07, 6.45) is 0.264. The highest BCUT2D eigenvalue weighted by Crippen LogP contribution is 2.36. The van der Waals surface area contributed by atoms with Crippen LogP contribution in [0.1, 0.15) is 40.9 Å². The van der Waals surface area contributed by atoms with E-state index in [1.807, 2.05) is 6.92 Å². The summed E-state index contributed by atoms with van der Waals surface area (Å²) in [7, 11) is 1.30. The summed E-state index contributed by atoms with van der Waals surface area (Å²) < 4.78 is 26.1. The van der Waals surface area contributed by atoms with Crippen molar-refractivity contribution in [2.24, 2.45) is 0 Å². The van der Waals surface area contributed by atoms with Gasteiger partial charge in [0.15, 0.2) is 11.1 Å². The lowest BCUT2D eigenvalue weighted by Gasteiger charge is -2.15. The van der Waals surface area contributed by atoms with Crippen LogP contribution in [0.4, 0.5) is 0 Å². The van der Waals surface area contributed by atoms with Gasteiger partial charge in [0.05, 0.1) is 24.5 Å². The number of carbonyl (C=O) groups excluding carboxylic acids is 1. The van der Waals surface area contributed by atoms with Gasteiger partial charge in [0.25, 0.3) is 0 Å². The number of hydroxylamine groups is 1. The van der Waals surface area contributed by atoms with Gasteiger partial charge in [-0.2, -0.15) is 0 Å². The molecule has 0 saturated carbocycles. The summed E-state index contributed by atoms with van der Waals surface area (Å²) in [6.45, 7) is 1.90. The predicted molar refractivity (Wildman–Crippen MR) is 77.9 cm³/mol. The van der Waals surface area contributed by atoms with E-state index in [1.165, 1.54) is 11.7 Å². The van der Waals surface area contributed by atoms with Gasteiger partial charge in [-0.3, -0.25) is 4.84 Å². The zero-order valence-electron chi connectivity index (χ0n) is 11.6. The first kappa shape index (κ1) is 16.4. The maximum absolute atomic E-state index is 11.6. The van der Waals surface area contributed by atoms with Crippen LogP contribution in [0.3, 0.4) is 0 Å². The second kappa shape index (κ2) is 6.85. The molecule has 8 heteroatoms. The number of benzene rings is 1. The van der Waals surface area contributed by atoms with Crippen LogP contribution in [0.2, 0.25) is 0 Å². The average Bonchev–Trinajstić information content (AvgIpc) is 2.77. The summed E-state index contributed by atoms with van der Waals surface area (Å²) >= 11 is 3.92. The van der Waals surface area contributed by atoms with E-state index in [9.17, 15) is 9.00 Å². The van der Waals surface area contributed by atoms with Gasteiger partial charge in [-0.25, -0.2) is 9.00 Å². The van der Waals surface area contributed by atoms with E-state index in [0.29, 0.717) is 23.1 Å². The largest absolute Gasteiger partial charge is 0.465 e. The van der Waals surface area contributed by atoms with Gasteiger partial charge in [-0.15, -0.1) is 0 Å². The number of rotatable bonds is 4. The lowest BCUT2D eigenvalue weighted by molar-refractivity contribution is -0.0887. The third-order valence-corrected chi connectivity index (χ3v) is 4.29. The van der Waals surface area contributed by atoms with Crippen LogP contribution in [0.5, 0.6) is 0 Å². The number of hydrogen-bond donors (Lipinski definition) is 1. The third kappa shape index (κ3) is 3.81. The van der Waals surface area contributed by atoms with Gasteiger partial charge in [0.1, 0.15) is 6.10 Å². The van der Waals surface area contributed by atoms with Crippen LogP contribution in [-0.4, -0.2) is 32.5 Å². The van der Waals surface area contributed by atoms with Gasteiger partial charge in [-0.1, -0.05) is 10.6 Å². The monoisotopic (exact) mass is 333 g/mol. The van der Waals surface area contributed by atoms with E-state index in [2.05, 4.69) is 0 Å². The third-order valence-electron chi connectivity index (χ3n) is 3.32. The van der Waals surface area contributed by atoms with Gasteiger partial charge < -0.3 is 9.29 Å². The molecule has 0 bridgehead atoms. The first-order valence-electron chi connectivity index (χ1n) is 6.32. The maximum atomic E-state index is 11.6. The first-order valence-corrected chi connectivity index (χ1v) is 7.94. The Kier molecular flexibility index (Phi) is 5.34. The summed E-state index contributed by atoms with van der Waals surface area (Å²) in [4.78, 5) is 17.2. The van der Waals surface area contributed by atoms with Crippen LogP contribution < -0.4 is 0 Å². The minimum atomic E-state index is -1.98. The standard InChI is InChI=1S/C13H16ClNO5S/c1-8-5-12(20-15(8)14)11-6-9(13(16)19-2)3-4-10(11)7-21(17)18/h3-4,6,8,12H,5,7H2,1-2H3,(H,17,18). The zero-order valence-corrected chi connectivity index (χ0v) is 13.2. The molecule has 1 aromatic carbocycles. The van der Waals surface area contributed by atoms with E-state index in [0.717, 1.165) is 0 Å². The maximum Gasteiger partial charge on any atom is 0.337 e. The number of carbonyl (C=O) groups is 1. The van der Waals surface area contributed by atoms with Crippen LogP contribution in [0, 0.1) is 0 Å². The molecule has 1 aliphatic heterocycles. The van der Waals surface area contributed by atoms with Crippen molar-refractivity contribution in [2.75, 3.05) is 7.11 Å². The number of hydrogen-bond acceptors (Lipinski definition) is 5. The Bertz CT molecular complexity index is 557. The quantitative estimate of drug-likeness (QED) is 0.518. The van der Waals surface area contributed by atoms with Crippen molar-refractivity contribution in [1.82, 2.24) is 4.58 Å². The fraction of sp³-hybridized carbons (Fsp3) is 0.462. The lowest BCUT2D eigenvalue weighted by Crippen LogP contribution is -2.13. The van der Waals surface area contributed by atoms with E-state index in [4.69, 9.17) is 25.9 Å². The Morgan fingerprint density at radius 3 is 2.86 bits per heavy atom. The molecule has 1 saturated heterocycles. The number of ether oxygens (including phenoxy) is 1. The van der Waals surface area contributed by atoms with Crippen molar-refractivity contribution in [3.63, 3.8) is 0 Å². The number of methoxy groups -OCH3 is 1. The molecule has 6 nitrogen and oxygen atoms in total. The van der Waals surface area contributed by atoms with E-state index in [1.54, 1.807) is 18.2 Å². The molecular formula is C13H16ClNO5S. The first-order chi connectivity index (χ1) is 9.92. The Balaban J connectivity index is 2.38. The highest BCUT2D eigenvalue weighted by molar-refractivity contribution is 7.78. The Labute approximate surface area is 130 Å². The average molecular weight is 334 g/mol. The van der Waals surface area contributed by atoms with E-state index in [-0.39, 0.29) is 17.9 Å². The number of halogens is 1. The number of nitrogens with zero attached hydrogens (tertiary/aromatic N) is 1. The van der Waals surface area contributed by atoms with Crippen LogP contribution in [0.25, 0.3) is 0 Å². The summed E-state index contributed by atoms with van der Waals surface area (Å²) in [5.74, 6) is -0.505. The molecule has 0 aromatic heterocycles. The van der Waals surface area contributed by atoms with E-state index < -0.39 is 17.0 Å². The molecule has 1 fully saturated rings. The van der Waals surface area contributed by atoms with Gasteiger partial charge in [-0.05, 0) is 36.6 Å². The van der Waals surface area contributed by atoms with Gasteiger partial charge in [0, 0.05) is 11.8 Å². The zero-order chi connectivity index (χ0) is 15.6. The molecule has 21 heavy (non-hydrogen) atoms. The van der Waals surface area contributed by atoms with Crippen molar-refractivity contribution in [2.45, 2.75) is 31.2 Å². The molecule has 3 atom stereocenters. The summed E-state index contributed by atoms with van der Waals surface area (Å²) in [5.41, 5.74) is 1.69. The molecule has 3 unspecified atom stereocenters.